The summed E-state index contributed by atoms with van der Waals surface area (Å²) in [5.74, 6) is 0.630. The van der Waals surface area contributed by atoms with Crippen LogP contribution in [0.3, 0.4) is 0 Å². The van der Waals surface area contributed by atoms with Crippen LogP contribution in [0.25, 0.3) is 10.6 Å². The quantitative estimate of drug-likeness (QED) is 0.591. The maximum Gasteiger partial charge on any atom is 0.573 e. The number of benzene rings is 1. The van der Waals surface area contributed by atoms with Gasteiger partial charge in [-0.25, -0.2) is 9.97 Å². The molecule has 4 rings (SSSR count). The van der Waals surface area contributed by atoms with Crippen LogP contribution in [-0.2, 0) is 11.2 Å². The smallest absolute Gasteiger partial charge is 0.406 e. The molecule has 0 unspecified atom stereocenters. The number of aromatic nitrogens is 2. The van der Waals surface area contributed by atoms with E-state index < -0.39 is 6.36 Å². The van der Waals surface area contributed by atoms with Gasteiger partial charge in [-0.15, -0.1) is 24.5 Å². The van der Waals surface area contributed by atoms with E-state index in [1.54, 1.807) is 11.6 Å². The number of ether oxygens (including phenoxy) is 1. The average molecular weight is 448 g/mol. The van der Waals surface area contributed by atoms with E-state index >= 15 is 0 Å². The number of piperazine rings is 1. The predicted molar refractivity (Wildman–Crippen MR) is 111 cm³/mol. The molecule has 0 radical (unpaired) electrons. The van der Waals surface area contributed by atoms with Crippen molar-refractivity contribution in [3.63, 3.8) is 0 Å². The molecule has 0 N–H and O–H groups in total. The number of halogens is 3. The summed E-state index contributed by atoms with van der Waals surface area (Å²) in [6.45, 7) is 2.68. The van der Waals surface area contributed by atoms with Crippen LogP contribution in [0.5, 0.6) is 5.75 Å². The summed E-state index contributed by atoms with van der Waals surface area (Å²) >= 11 is 1.35. The molecular weight excluding hydrogens is 429 g/mol. The third-order valence-corrected chi connectivity index (χ3v) is 5.76. The fourth-order valence-corrected chi connectivity index (χ4v) is 4.14. The summed E-state index contributed by atoms with van der Waals surface area (Å²) in [6, 6.07) is 11.3. The van der Waals surface area contributed by atoms with E-state index in [2.05, 4.69) is 19.6 Å². The molecule has 0 atom stereocenters. The van der Waals surface area contributed by atoms with Gasteiger partial charge in [0.1, 0.15) is 16.6 Å². The Morgan fingerprint density at radius 1 is 1.06 bits per heavy atom. The van der Waals surface area contributed by atoms with Crippen molar-refractivity contribution in [3.05, 3.63) is 59.7 Å². The van der Waals surface area contributed by atoms with Gasteiger partial charge in [-0.1, -0.05) is 6.07 Å². The van der Waals surface area contributed by atoms with Crippen LogP contribution in [-0.4, -0.2) is 53.3 Å². The molecule has 6 nitrogen and oxygen atoms in total. The van der Waals surface area contributed by atoms with Crippen molar-refractivity contribution in [2.75, 3.05) is 31.1 Å². The fourth-order valence-electron chi connectivity index (χ4n) is 3.31. The first-order valence-corrected chi connectivity index (χ1v) is 10.5. The normalized spacial score (nSPS) is 14.5. The first kappa shape index (κ1) is 21.1. The molecule has 0 aliphatic carbocycles. The molecular formula is C21H19F3N4O2S. The molecule has 3 heterocycles. The lowest BCUT2D eigenvalue weighted by Gasteiger charge is -2.35. The summed E-state index contributed by atoms with van der Waals surface area (Å²) < 4.78 is 40.7. The number of anilines is 1. The van der Waals surface area contributed by atoms with Gasteiger partial charge in [-0.05, 0) is 36.4 Å². The number of alkyl halides is 3. The maximum absolute atomic E-state index is 12.7. The summed E-state index contributed by atoms with van der Waals surface area (Å²) in [5.41, 5.74) is 1.31. The van der Waals surface area contributed by atoms with E-state index in [4.69, 9.17) is 0 Å². The van der Waals surface area contributed by atoms with Crippen LogP contribution < -0.4 is 9.64 Å². The SMILES string of the molecule is O=C(Cc1csc(-c2ccc(OC(F)(F)F)cc2)n1)N1CCN(c2ccccn2)CC1. The van der Waals surface area contributed by atoms with Gasteiger partial charge >= 0.3 is 6.36 Å². The second-order valence-electron chi connectivity index (χ2n) is 6.95. The highest BCUT2D eigenvalue weighted by Crippen LogP contribution is 2.28. The molecule has 1 aliphatic heterocycles. The number of pyridine rings is 1. The van der Waals surface area contributed by atoms with Gasteiger partial charge in [-0.2, -0.15) is 0 Å². The second-order valence-corrected chi connectivity index (χ2v) is 7.81. The van der Waals surface area contributed by atoms with Crippen LogP contribution in [0.2, 0.25) is 0 Å². The molecule has 1 aromatic carbocycles. The topological polar surface area (TPSA) is 58.6 Å². The molecule has 1 saturated heterocycles. The van der Waals surface area contributed by atoms with Crippen molar-refractivity contribution in [3.8, 4) is 16.3 Å². The van der Waals surface area contributed by atoms with E-state index in [9.17, 15) is 18.0 Å². The van der Waals surface area contributed by atoms with Crippen LogP contribution in [0.15, 0.2) is 54.0 Å². The summed E-state index contributed by atoms with van der Waals surface area (Å²) in [4.78, 5) is 25.5. The molecule has 0 saturated carbocycles. The Bertz CT molecular complexity index is 1020. The zero-order chi connectivity index (χ0) is 21.8. The van der Waals surface area contributed by atoms with Crippen molar-refractivity contribution < 1.29 is 22.7 Å². The van der Waals surface area contributed by atoms with Crippen molar-refractivity contribution >= 4 is 23.1 Å². The lowest BCUT2D eigenvalue weighted by atomic mass is 10.2. The minimum absolute atomic E-state index is 0.00597. The number of hydrogen-bond acceptors (Lipinski definition) is 6. The minimum Gasteiger partial charge on any atom is -0.406 e. The van der Waals surface area contributed by atoms with Gasteiger partial charge in [0.05, 0.1) is 12.1 Å². The molecule has 0 bridgehead atoms. The van der Waals surface area contributed by atoms with E-state index in [1.807, 2.05) is 23.1 Å². The average Bonchev–Trinajstić information content (AvgIpc) is 3.22. The van der Waals surface area contributed by atoms with Gasteiger partial charge in [-0.3, -0.25) is 4.79 Å². The summed E-state index contributed by atoms with van der Waals surface area (Å²) in [5, 5.41) is 2.44. The van der Waals surface area contributed by atoms with Crippen molar-refractivity contribution in [1.29, 1.82) is 0 Å². The van der Waals surface area contributed by atoms with Gasteiger partial charge in [0.25, 0.3) is 0 Å². The van der Waals surface area contributed by atoms with Crippen molar-refractivity contribution in [2.45, 2.75) is 12.8 Å². The van der Waals surface area contributed by atoms with E-state index in [0.717, 1.165) is 18.9 Å². The number of rotatable bonds is 5. The Labute approximate surface area is 180 Å². The molecule has 10 heteroatoms. The second kappa shape index (κ2) is 8.93. The third-order valence-electron chi connectivity index (χ3n) is 4.82. The van der Waals surface area contributed by atoms with Crippen LogP contribution in [0.4, 0.5) is 19.0 Å². The number of hydrogen-bond donors (Lipinski definition) is 0. The molecule has 1 amide bonds. The molecule has 3 aromatic rings. The van der Waals surface area contributed by atoms with Crippen molar-refractivity contribution in [2.24, 2.45) is 0 Å². The monoisotopic (exact) mass is 448 g/mol. The summed E-state index contributed by atoms with van der Waals surface area (Å²) in [7, 11) is 0. The fraction of sp³-hybridized carbons (Fsp3) is 0.286. The van der Waals surface area contributed by atoms with Crippen LogP contribution >= 0.6 is 11.3 Å². The molecule has 0 spiro atoms. The highest BCUT2D eigenvalue weighted by atomic mass is 32.1. The summed E-state index contributed by atoms with van der Waals surface area (Å²) in [6.07, 6.45) is -2.78. The number of nitrogens with zero attached hydrogens (tertiary/aromatic N) is 4. The Morgan fingerprint density at radius 3 is 2.45 bits per heavy atom. The first-order valence-electron chi connectivity index (χ1n) is 9.62. The Morgan fingerprint density at radius 2 is 1.81 bits per heavy atom. The van der Waals surface area contributed by atoms with E-state index in [-0.39, 0.29) is 18.1 Å². The van der Waals surface area contributed by atoms with E-state index in [0.29, 0.717) is 29.4 Å². The van der Waals surface area contributed by atoms with Gasteiger partial charge in [0.2, 0.25) is 5.91 Å². The zero-order valence-electron chi connectivity index (χ0n) is 16.4. The maximum atomic E-state index is 12.7. The lowest BCUT2D eigenvalue weighted by molar-refractivity contribution is -0.274. The Kier molecular flexibility index (Phi) is 6.08. The zero-order valence-corrected chi connectivity index (χ0v) is 17.2. The molecule has 2 aromatic heterocycles. The van der Waals surface area contributed by atoms with Crippen LogP contribution in [0.1, 0.15) is 5.69 Å². The van der Waals surface area contributed by atoms with Crippen molar-refractivity contribution in [1.82, 2.24) is 14.9 Å². The van der Waals surface area contributed by atoms with Gasteiger partial charge in [0.15, 0.2) is 0 Å². The highest BCUT2D eigenvalue weighted by Gasteiger charge is 2.31. The van der Waals surface area contributed by atoms with E-state index in [1.165, 1.54) is 35.6 Å². The predicted octanol–water partition coefficient (Wildman–Crippen LogP) is 4.00. The molecule has 162 valence electrons. The largest absolute Gasteiger partial charge is 0.573 e. The van der Waals surface area contributed by atoms with Gasteiger partial charge in [0, 0.05) is 43.3 Å². The van der Waals surface area contributed by atoms with Crippen LogP contribution in [0, 0.1) is 0 Å². The number of thiazole rings is 1. The Hall–Kier alpha value is -3.14. The number of carbonyl (C=O) groups excluding carboxylic acids is 1. The minimum atomic E-state index is -4.72. The molecule has 1 aliphatic rings. The number of amides is 1. The molecule has 1 fully saturated rings. The third kappa shape index (κ3) is 5.52. The molecule has 31 heavy (non-hydrogen) atoms. The first-order chi connectivity index (χ1) is 14.9. The Balaban J connectivity index is 1.32. The highest BCUT2D eigenvalue weighted by molar-refractivity contribution is 7.13. The number of carbonyl (C=O) groups is 1. The lowest BCUT2D eigenvalue weighted by Crippen LogP contribution is -2.49. The standard InChI is InChI=1S/C21H19F3N4O2S/c22-21(23,24)30-17-6-4-15(5-7-17)20-26-16(14-31-20)13-19(29)28-11-9-27(10-12-28)18-3-1-2-8-25-18/h1-8,14H,9-13H2. The van der Waals surface area contributed by atoms with Gasteiger partial charge < -0.3 is 14.5 Å².